The van der Waals surface area contributed by atoms with Crippen molar-refractivity contribution in [1.82, 2.24) is 19.7 Å². The minimum atomic E-state index is -0.889. The predicted molar refractivity (Wildman–Crippen MR) is 94.1 cm³/mol. The molecule has 1 aromatic heterocycles. The first kappa shape index (κ1) is 17.6. The van der Waals surface area contributed by atoms with Crippen molar-refractivity contribution in [2.45, 2.75) is 43.1 Å². The number of thioether (sulfide) groups is 1. The molecule has 0 amide bonds. The second kappa shape index (κ2) is 6.74. The number of halogens is 2. The molecule has 2 aliphatic rings. The molecule has 0 saturated carbocycles. The SMILES string of the molecule is Cc1nc2n(n1)C(=O)C(C(c1ccc(F)c(F)c1)N1CCC(C)CC1)S2. The van der Waals surface area contributed by atoms with E-state index in [0.717, 1.165) is 32.0 Å². The molecule has 8 heteroatoms. The number of benzene rings is 1. The molecule has 2 aromatic rings. The molecule has 0 aliphatic carbocycles. The van der Waals surface area contributed by atoms with Gasteiger partial charge in [0.05, 0.1) is 6.04 Å². The van der Waals surface area contributed by atoms with Gasteiger partial charge < -0.3 is 0 Å². The maximum Gasteiger partial charge on any atom is 0.264 e. The van der Waals surface area contributed by atoms with Crippen LogP contribution in [0.15, 0.2) is 23.4 Å². The topological polar surface area (TPSA) is 51.0 Å². The monoisotopic (exact) mass is 378 g/mol. The van der Waals surface area contributed by atoms with Gasteiger partial charge in [0.2, 0.25) is 0 Å². The normalized spacial score (nSPS) is 22.6. The number of fused-ring (bicyclic) bond motifs is 1. The number of hydrogen-bond donors (Lipinski definition) is 0. The summed E-state index contributed by atoms with van der Waals surface area (Å²) in [7, 11) is 0. The highest BCUT2D eigenvalue weighted by Crippen LogP contribution is 2.42. The Kier molecular flexibility index (Phi) is 4.56. The summed E-state index contributed by atoms with van der Waals surface area (Å²) in [6.07, 6.45) is 2.04. The van der Waals surface area contributed by atoms with Crippen LogP contribution in [0.2, 0.25) is 0 Å². The van der Waals surface area contributed by atoms with Gasteiger partial charge in [0.1, 0.15) is 11.1 Å². The highest BCUT2D eigenvalue weighted by atomic mass is 32.2. The van der Waals surface area contributed by atoms with Crippen molar-refractivity contribution >= 4 is 17.7 Å². The zero-order valence-electron chi connectivity index (χ0n) is 14.7. The number of likely N-dealkylation sites (tertiary alicyclic amines) is 1. The van der Waals surface area contributed by atoms with Gasteiger partial charge in [0.15, 0.2) is 16.8 Å². The van der Waals surface area contributed by atoms with E-state index in [4.69, 9.17) is 0 Å². The number of nitrogens with zero attached hydrogens (tertiary/aromatic N) is 4. The molecule has 1 aromatic carbocycles. The van der Waals surface area contributed by atoms with Crippen LogP contribution in [-0.2, 0) is 0 Å². The molecular formula is C18H20F2N4OS. The Labute approximate surface area is 154 Å². The number of aromatic nitrogens is 3. The summed E-state index contributed by atoms with van der Waals surface area (Å²) in [5.74, 6) is -0.742. The van der Waals surface area contributed by atoms with Gasteiger partial charge in [-0.2, -0.15) is 4.68 Å². The zero-order chi connectivity index (χ0) is 18.4. The van der Waals surface area contributed by atoms with E-state index in [2.05, 4.69) is 21.9 Å². The summed E-state index contributed by atoms with van der Waals surface area (Å²) >= 11 is 1.35. The van der Waals surface area contributed by atoms with Crippen molar-refractivity contribution in [3.63, 3.8) is 0 Å². The van der Waals surface area contributed by atoms with Crippen LogP contribution in [0, 0.1) is 24.5 Å². The minimum absolute atomic E-state index is 0.154. The van der Waals surface area contributed by atoms with Gasteiger partial charge >= 0.3 is 0 Å². The molecule has 1 saturated heterocycles. The summed E-state index contributed by atoms with van der Waals surface area (Å²) in [5, 5.41) is 4.27. The van der Waals surface area contributed by atoms with Crippen molar-refractivity contribution in [2.24, 2.45) is 5.92 Å². The van der Waals surface area contributed by atoms with E-state index in [1.165, 1.54) is 22.5 Å². The highest BCUT2D eigenvalue weighted by Gasteiger charge is 2.43. The summed E-state index contributed by atoms with van der Waals surface area (Å²) in [4.78, 5) is 19.4. The Morgan fingerprint density at radius 1 is 1.23 bits per heavy atom. The molecule has 0 radical (unpaired) electrons. The maximum absolute atomic E-state index is 13.9. The first-order chi connectivity index (χ1) is 12.4. The first-order valence-electron chi connectivity index (χ1n) is 8.77. The van der Waals surface area contributed by atoms with Gasteiger partial charge in [-0.15, -0.1) is 5.10 Å². The summed E-state index contributed by atoms with van der Waals surface area (Å²) in [6.45, 7) is 5.60. The Balaban J connectivity index is 1.70. The van der Waals surface area contributed by atoms with E-state index < -0.39 is 16.9 Å². The molecule has 2 atom stereocenters. The molecule has 2 unspecified atom stereocenters. The molecular weight excluding hydrogens is 358 g/mol. The van der Waals surface area contributed by atoms with E-state index in [0.29, 0.717) is 22.5 Å². The lowest BCUT2D eigenvalue weighted by Crippen LogP contribution is -2.42. The number of carbonyl (C=O) groups excluding carboxylic acids is 1. The quantitative estimate of drug-likeness (QED) is 0.819. The lowest BCUT2D eigenvalue weighted by atomic mass is 9.94. The summed E-state index contributed by atoms with van der Waals surface area (Å²) in [5.41, 5.74) is 0.617. The fraction of sp³-hybridized carbons (Fsp3) is 0.500. The third-order valence-corrected chi connectivity index (χ3v) is 6.34. The molecule has 0 bridgehead atoms. The third-order valence-electron chi connectivity index (χ3n) is 5.15. The molecule has 4 rings (SSSR count). The number of piperidine rings is 1. The average Bonchev–Trinajstić information content (AvgIpc) is 3.11. The van der Waals surface area contributed by atoms with Crippen LogP contribution >= 0.6 is 11.8 Å². The van der Waals surface area contributed by atoms with E-state index in [1.54, 1.807) is 13.0 Å². The van der Waals surface area contributed by atoms with Crippen LogP contribution in [0.25, 0.3) is 0 Å². The number of carbonyl (C=O) groups is 1. The Morgan fingerprint density at radius 2 is 1.96 bits per heavy atom. The number of aryl methyl sites for hydroxylation is 1. The minimum Gasteiger partial charge on any atom is -0.295 e. The van der Waals surface area contributed by atoms with Crippen LogP contribution in [0.3, 0.4) is 0 Å². The first-order valence-corrected chi connectivity index (χ1v) is 9.65. The summed E-state index contributed by atoms with van der Waals surface area (Å²) < 4.78 is 28.7. The Bertz CT molecular complexity index is 848. The van der Waals surface area contributed by atoms with Crippen molar-refractivity contribution in [3.05, 3.63) is 41.2 Å². The maximum atomic E-state index is 13.9. The zero-order valence-corrected chi connectivity index (χ0v) is 15.5. The fourth-order valence-corrected chi connectivity index (χ4v) is 4.98. The van der Waals surface area contributed by atoms with Crippen LogP contribution in [0.4, 0.5) is 8.78 Å². The molecule has 5 nitrogen and oxygen atoms in total. The Morgan fingerprint density at radius 3 is 2.62 bits per heavy atom. The van der Waals surface area contributed by atoms with Gasteiger partial charge in [-0.1, -0.05) is 24.8 Å². The van der Waals surface area contributed by atoms with Gasteiger partial charge in [-0.3, -0.25) is 9.69 Å². The van der Waals surface area contributed by atoms with Crippen molar-refractivity contribution in [1.29, 1.82) is 0 Å². The van der Waals surface area contributed by atoms with Gasteiger partial charge in [0.25, 0.3) is 5.91 Å². The van der Waals surface area contributed by atoms with E-state index in [1.807, 2.05) is 0 Å². The second-order valence-corrected chi connectivity index (χ2v) is 8.18. The van der Waals surface area contributed by atoms with Crippen molar-refractivity contribution < 1.29 is 13.6 Å². The van der Waals surface area contributed by atoms with Crippen LogP contribution < -0.4 is 0 Å². The van der Waals surface area contributed by atoms with Crippen molar-refractivity contribution in [2.75, 3.05) is 13.1 Å². The van der Waals surface area contributed by atoms with Crippen LogP contribution in [0.1, 0.15) is 42.0 Å². The van der Waals surface area contributed by atoms with Gasteiger partial charge in [0, 0.05) is 0 Å². The van der Waals surface area contributed by atoms with Gasteiger partial charge in [-0.25, -0.2) is 13.8 Å². The molecule has 26 heavy (non-hydrogen) atoms. The van der Waals surface area contributed by atoms with E-state index in [9.17, 15) is 13.6 Å². The Hall–Kier alpha value is -1.80. The lowest BCUT2D eigenvalue weighted by molar-refractivity contribution is 0.0799. The summed E-state index contributed by atoms with van der Waals surface area (Å²) in [6, 6.07) is 3.59. The van der Waals surface area contributed by atoms with E-state index in [-0.39, 0.29) is 11.9 Å². The molecule has 1 fully saturated rings. The molecule has 0 spiro atoms. The molecule has 138 valence electrons. The fourth-order valence-electron chi connectivity index (χ4n) is 3.68. The molecule has 0 N–H and O–H groups in total. The predicted octanol–water partition coefficient (Wildman–Crippen LogP) is 3.45. The third kappa shape index (κ3) is 3.05. The van der Waals surface area contributed by atoms with E-state index >= 15 is 0 Å². The molecule has 2 aliphatic heterocycles. The lowest BCUT2D eigenvalue weighted by Gasteiger charge is -2.38. The smallest absolute Gasteiger partial charge is 0.264 e. The van der Waals surface area contributed by atoms with Crippen LogP contribution in [0.5, 0.6) is 0 Å². The van der Waals surface area contributed by atoms with Crippen molar-refractivity contribution in [3.8, 4) is 0 Å². The second-order valence-electron chi connectivity index (χ2n) is 7.07. The molecule has 3 heterocycles. The van der Waals surface area contributed by atoms with Crippen LogP contribution in [-0.4, -0.2) is 43.9 Å². The highest BCUT2D eigenvalue weighted by molar-refractivity contribution is 8.00. The number of hydrogen-bond acceptors (Lipinski definition) is 5. The average molecular weight is 378 g/mol. The van der Waals surface area contributed by atoms with Gasteiger partial charge in [-0.05, 0) is 56.5 Å². The largest absolute Gasteiger partial charge is 0.295 e. The number of rotatable bonds is 3. The standard InChI is InChI=1S/C18H20F2N4OS/c1-10-5-7-23(8-6-10)15(12-3-4-13(19)14(20)9-12)16-17(25)24-18(26-16)21-11(2)22-24/h3-4,9-10,15-16H,5-8H2,1-2H3.